The largest absolute Gasteiger partial charge is 0.396 e. The first-order valence-corrected chi connectivity index (χ1v) is 10.6. The zero-order valence-corrected chi connectivity index (χ0v) is 18.5. The Bertz CT molecular complexity index is 944. The van der Waals surface area contributed by atoms with E-state index in [1.165, 1.54) is 4.68 Å². The molecule has 2 aliphatic rings. The van der Waals surface area contributed by atoms with Gasteiger partial charge < -0.3 is 19.5 Å². The van der Waals surface area contributed by atoms with Crippen LogP contribution in [0.5, 0.6) is 0 Å². The summed E-state index contributed by atoms with van der Waals surface area (Å²) in [5, 5.41) is 17.6. The molecule has 7 nitrogen and oxygen atoms in total. The van der Waals surface area contributed by atoms with Gasteiger partial charge >= 0.3 is 6.18 Å². The third-order valence-corrected chi connectivity index (χ3v) is 5.84. The van der Waals surface area contributed by atoms with Crippen molar-refractivity contribution in [3.05, 3.63) is 30.0 Å². The Hall–Kier alpha value is -2.17. The van der Waals surface area contributed by atoms with E-state index in [1.807, 2.05) is 25.7 Å². The highest BCUT2D eigenvalue weighted by Crippen LogP contribution is 2.37. The number of hydrogen-bond acceptors (Lipinski definition) is 6. The highest BCUT2D eigenvalue weighted by atomic mass is 19.4. The molecule has 1 aromatic carbocycles. The van der Waals surface area contributed by atoms with Crippen molar-refractivity contribution in [2.45, 2.75) is 46.2 Å². The van der Waals surface area contributed by atoms with Crippen molar-refractivity contribution in [3.8, 4) is 11.3 Å². The monoisotopic (exact) mass is 454 g/mol. The van der Waals surface area contributed by atoms with Gasteiger partial charge in [-0.3, -0.25) is 0 Å². The molecule has 32 heavy (non-hydrogen) atoms. The predicted molar refractivity (Wildman–Crippen MR) is 112 cm³/mol. The quantitative estimate of drug-likeness (QED) is 0.723. The SMILES string of the molecule is CC1(C)COC(Cn2cc(-c3ccc(N4CC(C)(CO)C4)cc3CC(F)(F)F)nn2)OC1. The van der Waals surface area contributed by atoms with Crippen LogP contribution in [0, 0.1) is 10.8 Å². The van der Waals surface area contributed by atoms with Gasteiger partial charge in [-0.15, -0.1) is 5.10 Å². The lowest BCUT2D eigenvalue weighted by atomic mass is 9.82. The van der Waals surface area contributed by atoms with Crippen LogP contribution in [-0.4, -0.2) is 65.5 Å². The van der Waals surface area contributed by atoms with Gasteiger partial charge in [0.25, 0.3) is 0 Å². The lowest BCUT2D eigenvalue weighted by molar-refractivity contribution is -0.227. The van der Waals surface area contributed by atoms with Gasteiger partial charge in [0, 0.05) is 35.2 Å². The summed E-state index contributed by atoms with van der Waals surface area (Å²) in [7, 11) is 0. The molecule has 2 fully saturated rings. The molecule has 0 saturated carbocycles. The second kappa shape index (κ2) is 8.31. The first kappa shape index (κ1) is 23.0. The topological polar surface area (TPSA) is 72.6 Å². The Kier molecular flexibility index (Phi) is 5.98. The number of aliphatic hydroxyl groups is 1. The van der Waals surface area contributed by atoms with Gasteiger partial charge in [0.2, 0.25) is 0 Å². The van der Waals surface area contributed by atoms with E-state index in [0.717, 1.165) is 0 Å². The van der Waals surface area contributed by atoms with Crippen LogP contribution >= 0.6 is 0 Å². The number of aromatic nitrogens is 3. The molecule has 10 heteroatoms. The number of halogens is 3. The highest BCUT2D eigenvalue weighted by molar-refractivity contribution is 5.68. The molecule has 176 valence electrons. The van der Waals surface area contributed by atoms with E-state index in [4.69, 9.17) is 9.47 Å². The van der Waals surface area contributed by atoms with E-state index in [2.05, 4.69) is 10.3 Å². The van der Waals surface area contributed by atoms with Crippen LogP contribution in [-0.2, 0) is 22.4 Å². The summed E-state index contributed by atoms with van der Waals surface area (Å²) in [5.41, 5.74) is 1.35. The molecule has 1 aromatic heterocycles. The average Bonchev–Trinajstić information content (AvgIpc) is 3.14. The van der Waals surface area contributed by atoms with Crippen molar-refractivity contribution in [2.75, 3.05) is 37.8 Å². The fourth-order valence-corrected chi connectivity index (χ4v) is 4.04. The van der Waals surface area contributed by atoms with Crippen molar-refractivity contribution in [2.24, 2.45) is 10.8 Å². The standard InChI is InChI=1S/C22H29F3N4O3/c1-20(2)13-31-19(32-14-20)9-29-8-18(26-27-29)17-5-4-16(6-15(17)7-22(23,24)25)28-10-21(3,11-28)12-30/h4-6,8,19,30H,7,9-14H2,1-3H3. The second-order valence-corrected chi connectivity index (χ2v) is 10.00. The Morgan fingerprint density at radius 3 is 2.47 bits per heavy atom. The Labute approximate surface area is 185 Å². The van der Waals surface area contributed by atoms with E-state index < -0.39 is 18.9 Å². The van der Waals surface area contributed by atoms with E-state index in [-0.39, 0.29) is 23.0 Å². The van der Waals surface area contributed by atoms with Crippen molar-refractivity contribution in [3.63, 3.8) is 0 Å². The maximum absolute atomic E-state index is 13.3. The maximum atomic E-state index is 13.3. The maximum Gasteiger partial charge on any atom is 0.393 e. The Morgan fingerprint density at radius 1 is 1.16 bits per heavy atom. The number of alkyl halides is 3. The summed E-state index contributed by atoms with van der Waals surface area (Å²) in [6.07, 6.45) is -4.26. The smallest absolute Gasteiger partial charge is 0.393 e. The molecule has 0 amide bonds. The minimum absolute atomic E-state index is 0.0476. The lowest BCUT2D eigenvalue weighted by Crippen LogP contribution is -2.56. The highest BCUT2D eigenvalue weighted by Gasteiger charge is 2.39. The van der Waals surface area contributed by atoms with Crippen molar-refractivity contribution in [1.82, 2.24) is 15.0 Å². The molecular weight excluding hydrogens is 425 g/mol. The van der Waals surface area contributed by atoms with Gasteiger partial charge in [0.05, 0.1) is 39.0 Å². The first-order valence-electron chi connectivity index (χ1n) is 10.6. The molecule has 2 saturated heterocycles. The van der Waals surface area contributed by atoms with Gasteiger partial charge in [0.15, 0.2) is 6.29 Å². The normalized spacial score (nSPS) is 20.9. The molecule has 1 N–H and O–H groups in total. The molecule has 2 aliphatic heterocycles. The Morgan fingerprint density at radius 2 is 1.84 bits per heavy atom. The number of nitrogens with zero attached hydrogens (tertiary/aromatic N) is 4. The van der Waals surface area contributed by atoms with Crippen LogP contribution in [0.1, 0.15) is 26.3 Å². The molecule has 0 radical (unpaired) electrons. The zero-order valence-electron chi connectivity index (χ0n) is 18.5. The fourth-order valence-electron chi connectivity index (χ4n) is 4.04. The fraction of sp³-hybridized carbons (Fsp3) is 0.636. The summed E-state index contributed by atoms with van der Waals surface area (Å²) in [6, 6.07) is 5.02. The lowest BCUT2D eigenvalue weighted by Gasteiger charge is -2.48. The summed E-state index contributed by atoms with van der Waals surface area (Å²) in [6.45, 7) is 8.72. The molecular formula is C22H29F3N4O3. The minimum atomic E-state index is -4.35. The van der Waals surface area contributed by atoms with Crippen molar-refractivity contribution in [1.29, 1.82) is 0 Å². The van der Waals surface area contributed by atoms with Crippen LogP contribution in [0.2, 0.25) is 0 Å². The third-order valence-electron chi connectivity index (χ3n) is 5.84. The van der Waals surface area contributed by atoms with Gasteiger partial charge in [-0.1, -0.05) is 32.1 Å². The zero-order chi connectivity index (χ0) is 23.1. The van der Waals surface area contributed by atoms with Crippen LogP contribution in [0.4, 0.5) is 18.9 Å². The number of benzene rings is 1. The van der Waals surface area contributed by atoms with Crippen molar-refractivity contribution >= 4 is 5.69 Å². The molecule has 0 unspecified atom stereocenters. The molecule has 0 atom stereocenters. The van der Waals surface area contributed by atoms with Gasteiger partial charge in [-0.2, -0.15) is 13.2 Å². The van der Waals surface area contributed by atoms with Crippen LogP contribution in [0.3, 0.4) is 0 Å². The van der Waals surface area contributed by atoms with E-state index >= 15 is 0 Å². The number of rotatable bonds is 6. The molecule has 3 heterocycles. The number of ether oxygens (including phenoxy) is 2. The Balaban J connectivity index is 1.52. The average molecular weight is 454 g/mol. The second-order valence-electron chi connectivity index (χ2n) is 10.00. The molecule has 0 aliphatic carbocycles. The molecule has 4 rings (SSSR count). The number of hydrogen-bond donors (Lipinski definition) is 1. The van der Waals surface area contributed by atoms with E-state index in [0.29, 0.717) is 49.8 Å². The minimum Gasteiger partial charge on any atom is -0.396 e. The third kappa shape index (κ3) is 5.24. The number of anilines is 1. The summed E-state index contributed by atoms with van der Waals surface area (Å²) >= 11 is 0. The first-order chi connectivity index (χ1) is 15.0. The summed E-state index contributed by atoms with van der Waals surface area (Å²) in [5.74, 6) is 0. The summed E-state index contributed by atoms with van der Waals surface area (Å²) in [4.78, 5) is 1.97. The molecule has 2 aromatic rings. The van der Waals surface area contributed by atoms with Crippen molar-refractivity contribution < 1.29 is 27.8 Å². The predicted octanol–water partition coefficient (Wildman–Crippen LogP) is 3.27. The molecule has 0 spiro atoms. The molecule has 0 bridgehead atoms. The van der Waals surface area contributed by atoms with Crippen LogP contribution in [0.25, 0.3) is 11.3 Å². The number of aliphatic hydroxyl groups excluding tert-OH is 1. The van der Waals surface area contributed by atoms with Crippen LogP contribution in [0.15, 0.2) is 24.4 Å². The van der Waals surface area contributed by atoms with Gasteiger partial charge in [0.1, 0.15) is 5.69 Å². The van der Waals surface area contributed by atoms with E-state index in [1.54, 1.807) is 24.4 Å². The van der Waals surface area contributed by atoms with Gasteiger partial charge in [-0.25, -0.2) is 4.68 Å². The van der Waals surface area contributed by atoms with Gasteiger partial charge in [-0.05, 0) is 17.7 Å². The summed E-state index contributed by atoms with van der Waals surface area (Å²) < 4.78 is 52.8. The van der Waals surface area contributed by atoms with Crippen LogP contribution < -0.4 is 4.90 Å². The van der Waals surface area contributed by atoms with E-state index in [9.17, 15) is 18.3 Å².